The number of ether oxygens (including phenoxy) is 1. The quantitative estimate of drug-likeness (QED) is 0.572. The molecule has 0 spiro atoms. The van der Waals surface area contributed by atoms with Crippen molar-refractivity contribution >= 4 is 51.9 Å². The highest BCUT2D eigenvalue weighted by Crippen LogP contribution is 2.32. The van der Waals surface area contributed by atoms with Crippen molar-refractivity contribution in [1.29, 1.82) is 0 Å². The van der Waals surface area contributed by atoms with Gasteiger partial charge >= 0.3 is 6.09 Å². The van der Waals surface area contributed by atoms with Gasteiger partial charge < -0.3 is 4.74 Å². The first-order chi connectivity index (χ1) is 15.7. The van der Waals surface area contributed by atoms with E-state index in [9.17, 15) is 14.4 Å². The minimum absolute atomic E-state index is 0.303. The van der Waals surface area contributed by atoms with Gasteiger partial charge in [0.2, 0.25) is 0 Å². The second kappa shape index (κ2) is 7.73. The highest BCUT2D eigenvalue weighted by atomic mass is 32.2. The molecule has 4 heterocycles. The smallest absolute Gasteiger partial charge is 0.414 e. The number of anilines is 1. The van der Waals surface area contributed by atoms with E-state index in [1.807, 2.05) is 49.6 Å². The lowest BCUT2D eigenvalue weighted by molar-refractivity contribution is -0.115. The Labute approximate surface area is 193 Å². The highest BCUT2D eigenvalue weighted by molar-refractivity contribution is 8.18. The van der Waals surface area contributed by atoms with E-state index < -0.39 is 16.7 Å². The van der Waals surface area contributed by atoms with Gasteiger partial charge in [-0.2, -0.15) is 0 Å². The predicted octanol–water partition coefficient (Wildman–Crippen LogP) is 4.04. The number of benzene rings is 1. The molecule has 2 aromatic heterocycles. The van der Waals surface area contributed by atoms with E-state index in [1.54, 1.807) is 23.4 Å². The second-order valence-corrected chi connectivity index (χ2v) is 9.76. The van der Waals surface area contributed by atoms with Crippen LogP contribution in [-0.4, -0.2) is 43.9 Å². The molecule has 0 atom stereocenters. The minimum Gasteiger partial charge on any atom is -0.443 e. The van der Waals surface area contributed by atoms with E-state index >= 15 is 0 Å². The van der Waals surface area contributed by atoms with Crippen molar-refractivity contribution in [2.45, 2.75) is 32.8 Å². The van der Waals surface area contributed by atoms with Gasteiger partial charge in [0, 0.05) is 12.2 Å². The first-order valence-corrected chi connectivity index (χ1v) is 11.2. The molecule has 33 heavy (non-hydrogen) atoms. The van der Waals surface area contributed by atoms with Gasteiger partial charge in [0.1, 0.15) is 17.4 Å². The number of imide groups is 1. The Bertz CT molecular complexity index is 1350. The van der Waals surface area contributed by atoms with Crippen LogP contribution in [0.4, 0.5) is 15.3 Å². The number of pyridine rings is 1. The average molecular weight is 464 g/mol. The number of carbonyl (C=O) groups is 3. The van der Waals surface area contributed by atoms with Crippen molar-refractivity contribution in [3.63, 3.8) is 0 Å². The monoisotopic (exact) mass is 463 g/mol. The molecule has 5 rings (SSSR count). The summed E-state index contributed by atoms with van der Waals surface area (Å²) in [5, 5.41) is 1.85. The minimum atomic E-state index is -0.556. The SMILES string of the molecule is CC(C)(C)OC(=O)N1CCc2cc(-n3cnc4ccc(/C=C5/SC(=O)NC5=O)nc43)ccc21. The largest absolute Gasteiger partial charge is 0.443 e. The maximum absolute atomic E-state index is 12.6. The lowest BCUT2D eigenvalue weighted by atomic mass is 10.1. The van der Waals surface area contributed by atoms with Crippen LogP contribution in [0.3, 0.4) is 0 Å². The third kappa shape index (κ3) is 4.09. The van der Waals surface area contributed by atoms with Crippen LogP contribution in [0, 0.1) is 0 Å². The number of hydrogen-bond acceptors (Lipinski definition) is 7. The number of aromatic nitrogens is 3. The zero-order valence-corrected chi connectivity index (χ0v) is 19.1. The van der Waals surface area contributed by atoms with Crippen LogP contribution in [0.2, 0.25) is 0 Å². The first kappa shape index (κ1) is 21.2. The van der Waals surface area contributed by atoms with Crippen molar-refractivity contribution in [1.82, 2.24) is 19.9 Å². The van der Waals surface area contributed by atoms with E-state index in [1.165, 1.54) is 0 Å². The van der Waals surface area contributed by atoms with Crippen molar-refractivity contribution in [2.24, 2.45) is 0 Å². The molecule has 9 nitrogen and oxygen atoms in total. The van der Waals surface area contributed by atoms with Crippen molar-refractivity contribution in [3.8, 4) is 5.69 Å². The Kier molecular flexibility index (Phi) is 4.97. The fourth-order valence-corrected chi connectivity index (χ4v) is 4.44. The molecule has 0 unspecified atom stereocenters. The number of fused-ring (bicyclic) bond motifs is 2. The summed E-state index contributed by atoms with van der Waals surface area (Å²) in [4.78, 5) is 46.9. The molecule has 3 amide bonds. The maximum atomic E-state index is 12.6. The summed E-state index contributed by atoms with van der Waals surface area (Å²) in [6.45, 7) is 6.11. The van der Waals surface area contributed by atoms with E-state index in [2.05, 4.69) is 15.3 Å². The van der Waals surface area contributed by atoms with Gasteiger partial charge in [-0.1, -0.05) is 0 Å². The summed E-state index contributed by atoms with van der Waals surface area (Å²) in [6, 6.07) is 9.41. The Morgan fingerprint density at radius 2 is 2.03 bits per heavy atom. The molecule has 1 aromatic carbocycles. The van der Waals surface area contributed by atoms with Crippen LogP contribution in [0.5, 0.6) is 0 Å². The molecule has 0 saturated carbocycles. The van der Waals surface area contributed by atoms with E-state index in [4.69, 9.17) is 4.74 Å². The van der Waals surface area contributed by atoms with Crippen molar-refractivity contribution < 1.29 is 19.1 Å². The molecule has 2 aliphatic rings. The summed E-state index contributed by atoms with van der Waals surface area (Å²) < 4.78 is 7.39. The molecule has 1 saturated heterocycles. The zero-order valence-electron chi connectivity index (χ0n) is 18.3. The predicted molar refractivity (Wildman–Crippen MR) is 125 cm³/mol. The summed E-state index contributed by atoms with van der Waals surface area (Å²) in [7, 11) is 0. The van der Waals surface area contributed by atoms with Gasteiger partial charge in [0.15, 0.2) is 5.65 Å². The van der Waals surface area contributed by atoms with Gasteiger partial charge in [0.25, 0.3) is 11.1 Å². The van der Waals surface area contributed by atoms with Crippen LogP contribution in [0.1, 0.15) is 32.0 Å². The molecule has 0 bridgehead atoms. The summed E-state index contributed by atoms with van der Waals surface area (Å²) in [5.74, 6) is -0.423. The molecule has 1 N–H and O–H groups in total. The molecule has 0 aliphatic carbocycles. The van der Waals surface area contributed by atoms with Gasteiger partial charge in [0.05, 0.1) is 16.3 Å². The Hall–Kier alpha value is -3.66. The number of carbonyl (C=O) groups excluding carboxylic acids is 3. The van der Waals surface area contributed by atoms with Gasteiger partial charge in [-0.25, -0.2) is 14.8 Å². The van der Waals surface area contributed by atoms with Gasteiger partial charge in [-0.15, -0.1) is 0 Å². The molecule has 168 valence electrons. The fourth-order valence-electron chi connectivity index (χ4n) is 3.78. The molecule has 2 aliphatic heterocycles. The number of amides is 3. The Balaban J connectivity index is 1.47. The van der Waals surface area contributed by atoms with Crippen LogP contribution >= 0.6 is 11.8 Å². The normalized spacial score (nSPS) is 17.1. The van der Waals surface area contributed by atoms with E-state index in [-0.39, 0.29) is 6.09 Å². The molecular formula is C23H21N5O4S. The van der Waals surface area contributed by atoms with E-state index in [0.717, 1.165) is 35.1 Å². The lowest BCUT2D eigenvalue weighted by Gasteiger charge is -2.24. The molecule has 10 heteroatoms. The van der Waals surface area contributed by atoms with Crippen LogP contribution in [0.25, 0.3) is 22.9 Å². The van der Waals surface area contributed by atoms with E-state index in [0.29, 0.717) is 28.3 Å². The highest BCUT2D eigenvalue weighted by Gasteiger charge is 2.29. The van der Waals surface area contributed by atoms with Crippen molar-refractivity contribution in [2.75, 3.05) is 11.4 Å². The third-order valence-electron chi connectivity index (χ3n) is 5.19. The molecule has 1 fully saturated rings. The van der Waals surface area contributed by atoms with Crippen LogP contribution in [0.15, 0.2) is 41.6 Å². The molecular weight excluding hydrogens is 442 g/mol. The summed E-state index contributed by atoms with van der Waals surface area (Å²) in [6.07, 6.45) is 3.65. The number of nitrogens with zero attached hydrogens (tertiary/aromatic N) is 4. The second-order valence-electron chi connectivity index (χ2n) is 8.74. The van der Waals surface area contributed by atoms with Crippen LogP contribution < -0.4 is 10.2 Å². The number of imidazole rings is 1. The summed E-state index contributed by atoms with van der Waals surface area (Å²) >= 11 is 0.852. The van der Waals surface area contributed by atoms with Gasteiger partial charge in [-0.05, 0) is 80.9 Å². The standard InChI is InChI=1S/C23H21N5O4S/c1-23(2,3)32-22(31)27-9-8-13-10-15(5-7-17(13)27)28-12-24-16-6-4-14(25-19(16)28)11-18-20(29)26-21(30)33-18/h4-7,10-12H,8-9H2,1-3H3,(H,26,29,30)/b18-11+. The Morgan fingerprint density at radius 3 is 2.76 bits per heavy atom. The fraction of sp³-hybridized carbons (Fsp3) is 0.261. The molecule has 0 radical (unpaired) electrons. The average Bonchev–Trinajstić information content (AvgIpc) is 3.42. The lowest BCUT2D eigenvalue weighted by Crippen LogP contribution is -2.35. The summed E-state index contributed by atoms with van der Waals surface area (Å²) in [5.41, 5.74) is 4.06. The number of hydrogen-bond donors (Lipinski definition) is 1. The van der Waals surface area contributed by atoms with Crippen molar-refractivity contribution in [3.05, 3.63) is 52.8 Å². The first-order valence-electron chi connectivity index (χ1n) is 10.4. The number of nitrogens with one attached hydrogen (secondary N) is 1. The number of thioether (sulfide) groups is 1. The van der Waals surface area contributed by atoms with Gasteiger partial charge in [-0.3, -0.25) is 24.4 Å². The maximum Gasteiger partial charge on any atom is 0.414 e. The number of rotatable bonds is 2. The molecule has 3 aromatic rings. The topological polar surface area (TPSA) is 106 Å². The van der Waals surface area contributed by atoms with Crippen LogP contribution in [-0.2, 0) is 16.0 Å². The third-order valence-corrected chi connectivity index (χ3v) is 6.00. The zero-order chi connectivity index (χ0) is 23.3. The Morgan fingerprint density at radius 1 is 1.21 bits per heavy atom.